The number of quaternary nitrogens is 1. The van der Waals surface area contributed by atoms with Crippen molar-refractivity contribution < 1.29 is 14.8 Å². The first kappa shape index (κ1) is 17.3. The summed E-state index contributed by atoms with van der Waals surface area (Å²) >= 11 is 0. The molecule has 0 unspecified atom stereocenters. The number of phenolic OH excluding ortho intramolecular Hbond substituents is 1. The van der Waals surface area contributed by atoms with Crippen molar-refractivity contribution in [2.45, 2.75) is 6.04 Å². The maximum atomic E-state index is 12.8. The second-order valence-corrected chi connectivity index (χ2v) is 6.74. The fourth-order valence-corrected chi connectivity index (χ4v) is 3.46. The smallest absolute Gasteiger partial charge is 0.285 e. The minimum atomic E-state index is -0.154. The first-order valence-corrected chi connectivity index (χ1v) is 8.71. The van der Waals surface area contributed by atoms with E-state index >= 15 is 0 Å². The standard InChI is InChI=1S/C20H25N3O2/c1-21(2)20(25)19(16-6-4-3-5-7-16)23-14-12-22(13-15-23)17-8-10-18(24)11-9-17/h3-11,19,24H,12-15H2,1-2H3/p+1/t19-/m0/s1. The molecular weight excluding hydrogens is 314 g/mol. The number of phenols is 1. The first-order chi connectivity index (χ1) is 12.1. The summed E-state index contributed by atoms with van der Waals surface area (Å²) in [5.41, 5.74) is 2.20. The number of rotatable bonds is 4. The minimum Gasteiger partial charge on any atom is -0.508 e. The fraction of sp³-hybridized carbons (Fsp3) is 0.350. The SMILES string of the molecule is CN(C)C(=O)[C@H](c1ccccc1)[NH+]1CCN(c2ccc(O)cc2)CC1. The van der Waals surface area contributed by atoms with Crippen LogP contribution in [0.2, 0.25) is 0 Å². The number of carbonyl (C=O) groups excluding carboxylic acids is 1. The molecule has 2 aromatic rings. The molecule has 1 heterocycles. The van der Waals surface area contributed by atoms with E-state index in [1.165, 1.54) is 4.90 Å². The summed E-state index contributed by atoms with van der Waals surface area (Å²) in [7, 11) is 3.65. The summed E-state index contributed by atoms with van der Waals surface area (Å²) in [5.74, 6) is 0.438. The van der Waals surface area contributed by atoms with Gasteiger partial charge in [-0.1, -0.05) is 30.3 Å². The zero-order valence-electron chi connectivity index (χ0n) is 14.9. The molecule has 1 aliphatic heterocycles. The van der Waals surface area contributed by atoms with Gasteiger partial charge in [-0.05, 0) is 24.3 Å². The lowest BCUT2D eigenvalue weighted by Gasteiger charge is -2.37. The highest BCUT2D eigenvalue weighted by molar-refractivity contribution is 5.81. The van der Waals surface area contributed by atoms with Gasteiger partial charge in [-0.15, -0.1) is 0 Å². The molecule has 3 rings (SSSR count). The van der Waals surface area contributed by atoms with Crippen LogP contribution in [-0.2, 0) is 4.79 Å². The third-order valence-corrected chi connectivity index (χ3v) is 4.85. The van der Waals surface area contributed by atoms with E-state index in [9.17, 15) is 9.90 Å². The van der Waals surface area contributed by atoms with Crippen molar-refractivity contribution in [3.8, 4) is 5.75 Å². The van der Waals surface area contributed by atoms with Gasteiger partial charge < -0.3 is 19.8 Å². The Morgan fingerprint density at radius 1 is 1.04 bits per heavy atom. The number of benzene rings is 2. The van der Waals surface area contributed by atoms with Gasteiger partial charge in [-0.3, -0.25) is 4.79 Å². The lowest BCUT2D eigenvalue weighted by Crippen LogP contribution is -3.16. The first-order valence-electron chi connectivity index (χ1n) is 8.71. The van der Waals surface area contributed by atoms with Crippen LogP contribution in [-0.4, -0.2) is 56.2 Å². The predicted octanol–water partition coefficient (Wildman–Crippen LogP) is 0.927. The van der Waals surface area contributed by atoms with Gasteiger partial charge in [0.05, 0.1) is 26.2 Å². The molecule has 0 radical (unpaired) electrons. The molecule has 0 saturated carbocycles. The summed E-state index contributed by atoms with van der Waals surface area (Å²) in [6, 6.07) is 17.2. The lowest BCUT2D eigenvalue weighted by molar-refractivity contribution is -0.922. The van der Waals surface area contributed by atoms with Crippen molar-refractivity contribution in [1.29, 1.82) is 0 Å². The number of hydrogen-bond donors (Lipinski definition) is 2. The number of amides is 1. The number of piperazine rings is 1. The van der Waals surface area contributed by atoms with E-state index in [1.807, 2.05) is 56.6 Å². The van der Waals surface area contributed by atoms with Gasteiger partial charge in [0.2, 0.25) is 0 Å². The Balaban J connectivity index is 1.74. The lowest BCUT2D eigenvalue weighted by atomic mass is 10.0. The van der Waals surface area contributed by atoms with Gasteiger partial charge in [0.15, 0.2) is 6.04 Å². The molecule has 132 valence electrons. The Morgan fingerprint density at radius 3 is 2.20 bits per heavy atom. The maximum absolute atomic E-state index is 12.8. The predicted molar refractivity (Wildman–Crippen MR) is 98.9 cm³/mol. The van der Waals surface area contributed by atoms with E-state index in [-0.39, 0.29) is 17.7 Å². The molecule has 25 heavy (non-hydrogen) atoms. The van der Waals surface area contributed by atoms with Crippen LogP contribution >= 0.6 is 0 Å². The van der Waals surface area contributed by atoms with Crippen molar-refractivity contribution in [1.82, 2.24) is 4.90 Å². The zero-order chi connectivity index (χ0) is 17.8. The van der Waals surface area contributed by atoms with E-state index in [0.29, 0.717) is 0 Å². The highest BCUT2D eigenvalue weighted by atomic mass is 16.3. The molecule has 5 nitrogen and oxygen atoms in total. The monoisotopic (exact) mass is 340 g/mol. The Labute approximate surface area is 149 Å². The van der Waals surface area contributed by atoms with Crippen molar-refractivity contribution in [3.63, 3.8) is 0 Å². The van der Waals surface area contributed by atoms with Crippen LogP contribution in [0.15, 0.2) is 54.6 Å². The summed E-state index contributed by atoms with van der Waals surface area (Å²) in [5, 5.41) is 9.44. The van der Waals surface area contributed by atoms with E-state index in [0.717, 1.165) is 37.4 Å². The molecule has 0 aliphatic carbocycles. The number of nitrogens with one attached hydrogen (secondary N) is 1. The van der Waals surface area contributed by atoms with Crippen LogP contribution in [0.5, 0.6) is 5.75 Å². The summed E-state index contributed by atoms with van der Waals surface area (Å²) in [6.45, 7) is 3.59. The molecule has 1 saturated heterocycles. The van der Waals surface area contributed by atoms with E-state index in [1.54, 1.807) is 17.0 Å². The van der Waals surface area contributed by atoms with Crippen LogP contribution < -0.4 is 9.80 Å². The molecule has 0 aromatic heterocycles. The molecule has 2 N–H and O–H groups in total. The average molecular weight is 340 g/mol. The molecule has 5 heteroatoms. The topological polar surface area (TPSA) is 48.2 Å². The van der Waals surface area contributed by atoms with Crippen LogP contribution in [0.25, 0.3) is 0 Å². The minimum absolute atomic E-state index is 0.152. The molecule has 1 aliphatic rings. The molecular formula is C20H26N3O2+. The summed E-state index contributed by atoms with van der Waals surface area (Å²) < 4.78 is 0. The van der Waals surface area contributed by atoms with Crippen molar-refractivity contribution >= 4 is 11.6 Å². The third-order valence-electron chi connectivity index (χ3n) is 4.85. The largest absolute Gasteiger partial charge is 0.508 e. The molecule has 1 amide bonds. The number of nitrogens with zero attached hydrogens (tertiary/aromatic N) is 2. The highest BCUT2D eigenvalue weighted by Gasteiger charge is 2.35. The van der Waals surface area contributed by atoms with Crippen LogP contribution in [0.4, 0.5) is 5.69 Å². The normalized spacial score (nSPS) is 16.5. The molecule has 0 spiro atoms. The molecule has 2 aromatic carbocycles. The second-order valence-electron chi connectivity index (χ2n) is 6.74. The molecule has 1 atom stereocenters. The van der Waals surface area contributed by atoms with Crippen LogP contribution in [0.1, 0.15) is 11.6 Å². The third kappa shape index (κ3) is 3.94. The zero-order valence-corrected chi connectivity index (χ0v) is 14.9. The maximum Gasteiger partial charge on any atom is 0.285 e. The van der Waals surface area contributed by atoms with Gasteiger partial charge >= 0.3 is 0 Å². The molecule has 0 bridgehead atoms. The second kappa shape index (κ2) is 7.57. The van der Waals surface area contributed by atoms with Crippen molar-refractivity contribution in [2.24, 2.45) is 0 Å². The van der Waals surface area contributed by atoms with Gasteiger partial charge in [0.25, 0.3) is 5.91 Å². The Hall–Kier alpha value is -2.53. The number of aromatic hydroxyl groups is 1. The van der Waals surface area contributed by atoms with Gasteiger partial charge in [-0.2, -0.15) is 0 Å². The highest BCUT2D eigenvalue weighted by Crippen LogP contribution is 2.19. The van der Waals surface area contributed by atoms with E-state index in [4.69, 9.17) is 0 Å². The number of hydrogen-bond acceptors (Lipinski definition) is 3. The Kier molecular flexibility index (Phi) is 5.24. The Morgan fingerprint density at radius 2 is 1.64 bits per heavy atom. The number of anilines is 1. The number of carbonyl (C=O) groups is 1. The van der Waals surface area contributed by atoms with Crippen molar-refractivity contribution in [3.05, 3.63) is 60.2 Å². The summed E-state index contributed by atoms with van der Waals surface area (Å²) in [4.78, 5) is 18.1. The van der Waals surface area contributed by atoms with Gasteiger partial charge in [0, 0.05) is 25.3 Å². The fourth-order valence-electron chi connectivity index (χ4n) is 3.46. The van der Waals surface area contributed by atoms with Gasteiger partial charge in [-0.25, -0.2) is 0 Å². The van der Waals surface area contributed by atoms with Crippen LogP contribution in [0.3, 0.4) is 0 Å². The van der Waals surface area contributed by atoms with E-state index < -0.39 is 0 Å². The Bertz CT molecular complexity index is 693. The van der Waals surface area contributed by atoms with Gasteiger partial charge in [0.1, 0.15) is 5.75 Å². The number of likely N-dealkylation sites (N-methyl/N-ethyl adjacent to an activating group) is 1. The van der Waals surface area contributed by atoms with Crippen molar-refractivity contribution in [2.75, 3.05) is 45.2 Å². The average Bonchev–Trinajstić information content (AvgIpc) is 2.64. The quantitative estimate of drug-likeness (QED) is 0.870. The molecule has 1 fully saturated rings. The van der Waals surface area contributed by atoms with Crippen LogP contribution in [0, 0.1) is 0 Å². The van der Waals surface area contributed by atoms with E-state index in [2.05, 4.69) is 4.90 Å². The summed E-state index contributed by atoms with van der Waals surface area (Å²) in [6.07, 6.45) is 0.